The number of carbonyl (C=O) groups is 1. The number of rotatable bonds is 36. The van der Waals surface area contributed by atoms with Gasteiger partial charge in [-0.2, -0.15) is 0 Å². The molecule has 14 nitrogen and oxygen atoms in total. The van der Waals surface area contributed by atoms with E-state index in [1.165, 1.54) is 4.90 Å². The Morgan fingerprint density at radius 3 is 0.913 bits per heavy atom. The van der Waals surface area contributed by atoms with Crippen LogP contribution in [0.5, 0.6) is 0 Å². The highest BCUT2D eigenvalue weighted by molar-refractivity contribution is 5.67. The fourth-order valence-corrected chi connectivity index (χ4v) is 3.18. The summed E-state index contributed by atoms with van der Waals surface area (Å²) in [4.78, 5) is 13.3. The highest BCUT2D eigenvalue weighted by atomic mass is 16.6. The molecule has 0 spiro atoms. The SMILES string of the molecule is CCCCOCCOCCOCCOCCOCCOCCOCCOCCOCCOCCOCCN(C)C(=O)OC(C)(C)C. The number of nitrogens with zero attached hydrogens (tertiary/aromatic N) is 1. The lowest BCUT2D eigenvalue weighted by Crippen LogP contribution is -2.36. The molecule has 276 valence electrons. The first-order valence-corrected chi connectivity index (χ1v) is 16.7. The molecule has 0 heterocycles. The van der Waals surface area contributed by atoms with Crippen LogP contribution in [0.3, 0.4) is 0 Å². The standard InChI is InChI=1S/C32H65NO13/c1-6-7-9-35-11-13-37-15-17-39-19-21-41-23-25-43-27-29-45-30-28-44-26-24-42-22-20-40-18-16-38-14-12-36-10-8-33(5)31(34)46-32(2,3)4/h6-30H2,1-5H3. The van der Waals surface area contributed by atoms with Gasteiger partial charge in [0, 0.05) is 20.2 Å². The van der Waals surface area contributed by atoms with Crippen LogP contribution in [-0.2, 0) is 56.8 Å². The Hall–Kier alpha value is -1.17. The Balaban J connectivity index is 3.14. The lowest BCUT2D eigenvalue weighted by atomic mass is 10.2. The Bertz CT molecular complexity index is 625. The van der Waals surface area contributed by atoms with Gasteiger partial charge in [-0.1, -0.05) is 13.3 Å². The first kappa shape index (κ1) is 44.8. The maximum absolute atomic E-state index is 11.8. The van der Waals surface area contributed by atoms with Gasteiger partial charge in [-0.15, -0.1) is 0 Å². The van der Waals surface area contributed by atoms with Crippen molar-refractivity contribution in [3.8, 4) is 0 Å². The summed E-state index contributed by atoms with van der Waals surface area (Å²) in [6.45, 7) is 19.6. The van der Waals surface area contributed by atoms with E-state index < -0.39 is 5.60 Å². The van der Waals surface area contributed by atoms with Crippen molar-refractivity contribution in [3.05, 3.63) is 0 Å². The highest BCUT2D eigenvalue weighted by Gasteiger charge is 2.19. The van der Waals surface area contributed by atoms with E-state index in [4.69, 9.17) is 56.8 Å². The molecule has 0 unspecified atom stereocenters. The lowest BCUT2D eigenvalue weighted by Gasteiger charge is -2.24. The third-order valence-corrected chi connectivity index (χ3v) is 5.64. The first-order chi connectivity index (χ1) is 22.4. The quantitative estimate of drug-likeness (QED) is 0.0906. The van der Waals surface area contributed by atoms with E-state index in [1.54, 1.807) is 7.05 Å². The molecule has 0 N–H and O–H groups in total. The summed E-state index contributed by atoms with van der Waals surface area (Å²) in [6.07, 6.45) is 1.87. The molecular weight excluding hydrogens is 606 g/mol. The van der Waals surface area contributed by atoms with Crippen LogP contribution in [0, 0.1) is 0 Å². The predicted molar refractivity (Wildman–Crippen MR) is 173 cm³/mol. The number of unbranched alkanes of at least 4 members (excludes halogenated alkanes) is 1. The van der Waals surface area contributed by atoms with Crippen LogP contribution in [0.4, 0.5) is 4.79 Å². The average Bonchev–Trinajstić information content (AvgIpc) is 3.02. The summed E-state index contributed by atoms with van der Waals surface area (Å²) in [7, 11) is 1.68. The number of likely N-dealkylation sites (N-methyl/N-ethyl adjacent to an activating group) is 1. The first-order valence-electron chi connectivity index (χ1n) is 16.7. The molecule has 0 aliphatic rings. The largest absolute Gasteiger partial charge is 0.444 e. The Morgan fingerprint density at radius 2 is 0.674 bits per heavy atom. The average molecular weight is 672 g/mol. The molecule has 0 radical (unpaired) electrons. The highest BCUT2D eigenvalue weighted by Crippen LogP contribution is 2.08. The number of carbonyl (C=O) groups excluding carboxylic acids is 1. The molecule has 0 saturated carbocycles. The number of hydrogen-bond acceptors (Lipinski definition) is 13. The third-order valence-electron chi connectivity index (χ3n) is 5.64. The van der Waals surface area contributed by atoms with E-state index in [-0.39, 0.29) is 6.09 Å². The molecule has 0 rings (SSSR count). The van der Waals surface area contributed by atoms with Crippen molar-refractivity contribution in [2.24, 2.45) is 0 Å². The summed E-state index contributed by atoms with van der Waals surface area (Å²) in [5.41, 5.74) is -0.508. The molecule has 0 aromatic carbocycles. The number of hydrogen-bond donors (Lipinski definition) is 0. The fraction of sp³-hybridized carbons (Fsp3) is 0.969. The number of ether oxygens (including phenoxy) is 12. The van der Waals surface area contributed by atoms with Crippen molar-refractivity contribution in [2.45, 2.75) is 46.1 Å². The van der Waals surface area contributed by atoms with E-state index in [1.807, 2.05) is 20.8 Å². The molecule has 0 aromatic heterocycles. The van der Waals surface area contributed by atoms with Gasteiger partial charge in [0.15, 0.2) is 0 Å². The maximum Gasteiger partial charge on any atom is 0.410 e. The smallest absolute Gasteiger partial charge is 0.410 e. The lowest BCUT2D eigenvalue weighted by molar-refractivity contribution is -0.0277. The van der Waals surface area contributed by atoms with Crippen LogP contribution in [0.1, 0.15) is 40.5 Å². The van der Waals surface area contributed by atoms with Gasteiger partial charge in [-0.3, -0.25) is 0 Å². The summed E-state index contributed by atoms with van der Waals surface area (Å²) in [5, 5.41) is 0. The van der Waals surface area contributed by atoms with Crippen LogP contribution < -0.4 is 0 Å². The van der Waals surface area contributed by atoms with Crippen molar-refractivity contribution in [1.29, 1.82) is 0 Å². The minimum Gasteiger partial charge on any atom is -0.444 e. The minimum absolute atomic E-state index is 0.363. The van der Waals surface area contributed by atoms with E-state index in [0.29, 0.717) is 145 Å². The number of amides is 1. The zero-order valence-corrected chi connectivity index (χ0v) is 29.4. The topological polar surface area (TPSA) is 131 Å². The van der Waals surface area contributed by atoms with Crippen LogP contribution in [-0.4, -0.2) is 176 Å². The molecule has 46 heavy (non-hydrogen) atoms. The molecule has 0 aromatic rings. The van der Waals surface area contributed by atoms with Gasteiger partial charge in [0.1, 0.15) is 5.60 Å². The molecule has 0 bridgehead atoms. The van der Waals surface area contributed by atoms with Crippen molar-refractivity contribution >= 4 is 6.09 Å². The van der Waals surface area contributed by atoms with Crippen LogP contribution in [0.2, 0.25) is 0 Å². The summed E-state index contributed by atoms with van der Waals surface area (Å²) in [5.74, 6) is 0. The fourth-order valence-electron chi connectivity index (χ4n) is 3.18. The molecule has 0 atom stereocenters. The van der Waals surface area contributed by atoms with Gasteiger partial charge in [0.25, 0.3) is 0 Å². The molecule has 1 amide bonds. The van der Waals surface area contributed by atoms with E-state index >= 15 is 0 Å². The van der Waals surface area contributed by atoms with Crippen molar-refractivity contribution in [2.75, 3.05) is 159 Å². The monoisotopic (exact) mass is 671 g/mol. The molecule has 0 aliphatic carbocycles. The third kappa shape index (κ3) is 37.3. The van der Waals surface area contributed by atoms with Gasteiger partial charge >= 0.3 is 6.09 Å². The second-order valence-corrected chi connectivity index (χ2v) is 11.0. The van der Waals surface area contributed by atoms with Crippen molar-refractivity contribution < 1.29 is 61.6 Å². The molecule has 0 aliphatic heterocycles. The normalized spacial score (nSPS) is 11.8. The van der Waals surface area contributed by atoms with Gasteiger partial charge in [-0.25, -0.2) is 4.79 Å². The molecular formula is C32H65NO13. The zero-order valence-electron chi connectivity index (χ0n) is 29.4. The molecule has 14 heteroatoms. The van der Waals surface area contributed by atoms with Gasteiger partial charge < -0.3 is 61.7 Å². The van der Waals surface area contributed by atoms with E-state index in [2.05, 4.69) is 6.92 Å². The maximum atomic E-state index is 11.8. The molecule has 0 fully saturated rings. The Kier molecular flexibility index (Phi) is 34.3. The van der Waals surface area contributed by atoms with Crippen molar-refractivity contribution in [3.63, 3.8) is 0 Å². The van der Waals surface area contributed by atoms with E-state index in [0.717, 1.165) is 19.4 Å². The van der Waals surface area contributed by atoms with Gasteiger partial charge in [0.05, 0.1) is 139 Å². The summed E-state index contributed by atoms with van der Waals surface area (Å²) in [6, 6.07) is 0. The molecule has 0 saturated heterocycles. The summed E-state index contributed by atoms with van der Waals surface area (Å²) >= 11 is 0. The van der Waals surface area contributed by atoms with Gasteiger partial charge in [0.2, 0.25) is 0 Å². The van der Waals surface area contributed by atoms with E-state index in [9.17, 15) is 4.79 Å². The minimum atomic E-state index is -0.508. The van der Waals surface area contributed by atoms with Crippen LogP contribution >= 0.6 is 0 Å². The Morgan fingerprint density at radius 1 is 0.435 bits per heavy atom. The van der Waals surface area contributed by atoms with Crippen LogP contribution in [0.15, 0.2) is 0 Å². The van der Waals surface area contributed by atoms with Crippen LogP contribution in [0.25, 0.3) is 0 Å². The second kappa shape index (κ2) is 35.1. The second-order valence-electron chi connectivity index (χ2n) is 11.0. The van der Waals surface area contributed by atoms with Crippen molar-refractivity contribution in [1.82, 2.24) is 4.90 Å². The zero-order chi connectivity index (χ0) is 33.8. The van der Waals surface area contributed by atoms with Gasteiger partial charge in [-0.05, 0) is 27.2 Å². The summed E-state index contributed by atoms with van der Waals surface area (Å²) < 4.78 is 65.4. The predicted octanol–water partition coefficient (Wildman–Crippen LogP) is 2.84. The Labute approximate surface area is 277 Å².